The Kier molecular flexibility index (Phi) is 5.78. The molecule has 0 saturated heterocycles. The minimum atomic E-state index is -0.843. The minimum absolute atomic E-state index is 0.0105. The highest BCUT2D eigenvalue weighted by Gasteiger charge is 2.19. The second-order valence-corrected chi connectivity index (χ2v) is 6.03. The van der Waals surface area contributed by atoms with Gasteiger partial charge in [-0.1, -0.05) is 37.3 Å². The van der Waals surface area contributed by atoms with E-state index in [-0.39, 0.29) is 16.9 Å². The third-order valence-corrected chi connectivity index (χ3v) is 3.98. The van der Waals surface area contributed by atoms with E-state index in [0.717, 1.165) is 0 Å². The number of aryl methyl sites for hydroxylation is 1. The molecule has 28 heavy (non-hydrogen) atoms. The van der Waals surface area contributed by atoms with E-state index in [0.29, 0.717) is 23.7 Å². The van der Waals surface area contributed by atoms with E-state index < -0.39 is 24.3 Å². The summed E-state index contributed by atoms with van der Waals surface area (Å²) in [6.45, 7) is 1.61. The first kappa shape index (κ1) is 19.2. The van der Waals surface area contributed by atoms with Crippen molar-refractivity contribution in [3.8, 4) is 0 Å². The average molecular weight is 383 g/mol. The van der Waals surface area contributed by atoms with Crippen LogP contribution in [-0.2, 0) is 16.1 Å². The molecule has 7 nitrogen and oxygen atoms in total. The average Bonchev–Trinajstić information content (AvgIpc) is 2.70. The van der Waals surface area contributed by atoms with Gasteiger partial charge in [0.2, 0.25) is 0 Å². The zero-order valence-corrected chi connectivity index (χ0v) is 15.1. The predicted molar refractivity (Wildman–Crippen MR) is 102 cm³/mol. The summed E-state index contributed by atoms with van der Waals surface area (Å²) in [4.78, 5) is 36.9. The summed E-state index contributed by atoms with van der Waals surface area (Å²) in [6, 6.07) is 12.2. The van der Waals surface area contributed by atoms with Crippen molar-refractivity contribution >= 4 is 28.3 Å². The number of para-hydroxylation sites is 1. The van der Waals surface area contributed by atoms with Crippen molar-refractivity contribution in [1.29, 1.82) is 0 Å². The number of benzene rings is 2. The molecule has 0 aliphatic rings. The van der Waals surface area contributed by atoms with Crippen LogP contribution in [0.15, 0.2) is 53.3 Å². The van der Waals surface area contributed by atoms with Crippen LogP contribution in [0.25, 0.3) is 10.8 Å². The van der Waals surface area contributed by atoms with Crippen molar-refractivity contribution in [1.82, 2.24) is 9.78 Å². The Morgan fingerprint density at radius 2 is 1.79 bits per heavy atom. The number of halogens is 1. The van der Waals surface area contributed by atoms with Gasteiger partial charge in [-0.3, -0.25) is 9.59 Å². The Morgan fingerprint density at radius 1 is 1.11 bits per heavy atom. The van der Waals surface area contributed by atoms with Crippen LogP contribution >= 0.6 is 0 Å². The Labute approximate surface area is 159 Å². The van der Waals surface area contributed by atoms with Crippen molar-refractivity contribution in [2.45, 2.75) is 19.9 Å². The lowest BCUT2D eigenvalue weighted by Gasteiger charge is -2.10. The number of carbonyl (C=O) groups is 2. The van der Waals surface area contributed by atoms with E-state index in [1.807, 2.05) is 6.92 Å². The van der Waals surface area contributed by atoms with Gasteiger partial charge < -0.3 is 10.1 Å². The molecule has 1 N–H and O–H groups in total. The lowest BCUT2D eigenvalue weighted by atomic mass is 10.1. The molecule has 3 aromatic rings. The van der Waals surface area contributed by atoms with Crippen LogP contribution in [0, 0.1) is 5.82 Å². The third kappa shape index (κ3) is 4.06. The van der Waals surface area contributed by atoms with Gasteiger partial charge in [0.25, 0.3) is 11.5 Å². The summed E-state index contributed by atoms with van der Waals surface area (Å²) in [7, 11) is 0. The summed E-state index contributed by atoms with van der Waals surface area (Å²) < 4.78 is 19.8. The molecule has 0 spiro atoms. The first-order chi connectivity index (χ1) is 13.5. The normalized spacial score (nSPS) is 10.6. The summed E-state index contributed by atoms with van der Waals surface area (Å²) in [5.41, 5.74) is -0.364. The molecule has 0 aliphatic carbocycles. The van der Waals surface area contributed by atoms with Crippen LogP contribution in [0.1, 0.15) is 23.8 Å². The van der Waals surface area contributed by atoms with E-state index >= 15 is 0 Å². The fourth-order valence-corrected chi connectivity index (χ4v) is 2.70. The minimum Gasteiger partial charge on any atom is -0.451 e. The van der Waals surface area contributed by atoms with Crippen LogP contribution in [0.5, 0.6) is 0 Å². The Hall–Kier alpha value is -3.55. The summed E-state index contributed by atoms with van der Waals surface area (Å²) in [5.74, 6) is -2.13. The van der Waals surface area contributed by atoms with Crippen LogP contribution in [0.2, 0.25) is 0 Å². The topological polar surface area (TPSA) is 90.3 Å². The van der Waals surface area contributed by atoms with Gasteiger partial charge in [0, 0.05) is 11.9 Å². The highest BCUT2D eigenvalue weighted by atomic mass is 19.1. The molecular formula is C20H18FN3O4. The van der Waals surface area contributed by atoms with E-state index in [4.69, 9.17) is 4.74 Å². The number of amides is 1. The molecular weight excluding hydrogens is 365 g/mol. The number of anilines is 1. The molecule has 0 atom stereocenters. The van der Waals surface area contributed by atoms with Crippen LogP contribution in [0.3, 0.4) is 0 Å². The van der Waals surface area contributed by atoms with Gasteiger partial charge in [0.05, 0.1) is 11.1 Å². The lowest BCUT2D eigenvalue weighted by molar-refractivity contribution is -0.119. The Bertz CT molecular complexity index is 1090. The Morgan fingerprint density at radius 3 is 2.50 bits per heavy atom. The number of nitrogens with zero attached hydrogens (tertiary/aromatic N) is 2. The number of rotatable bonds is 6. The molecule has 1 aromatic heterocycles. The highest BCUT2D eigenvalue weighted by molar-refractivity contribution is 6.03. The van der Waals surface area contributed by atoms with Crippen molar-refractivity contribution in [2.75, 3.05) is 11.9 Å². The quantitative estimate of drug-likeness (QED) is 0.661. The van der Waals surface area contributed by atoms with E-state index in [2.05, 4.69) is 10.4 Å². The van der Waals surface area contributed by atoms with Gasteiger partial charge in [-0.25, -0.2) is 13.9 Å². The first-order valence-corrected chi connectivity index (χ1v) is 8.72. The van der Waals surface area contributed by atoms with Gasteiger partial charge in [-0.15, -0.1) is 0 Å². The second-order valence-electron chi connectivity index (χ2n) is 6.03. The zero-order valence-electron chi connectivity index (χ0n) is 15.1. The number of fused-ring (bicyclic) bond motifs is 1. The molecule has 0 radical (unpaired) electrons. The fourth-order valence-electron chi connectivity index (χ4n) is 2.70. The zero-order chi connectivity index (χ0) is 20.1. The monoisotopic (exact) mass is 383 g/mol. The van der Waals surface area contributed by atoms with Gasteiger partial charge in [0.1, 0.15) is 5.82 Å². The highest BCUT2D eigenvalue weighted by Crippen LogP contribution is 2.15. The van der Waals surface area contributed by atoms with E-state index in [9.17, 15) is 18.8 Å². The maximum absolute atomic E-state index is 13.6. The molecule has 0 bridgehead atoms. The van der Waals surface area contributed by atoms with Gasteiger partial charge in [0.15, 0.2) is 12.3 Å². The standard InChI is InChI=1S/C20H18FN3O4/c1-2-11-24-19(26)14-8-4-3-7-13(14)18(23-24)20(27)28-12-17(25)22-16-10-6-5-9-15(16)21/h3-10H,2,11-12H2,1H3,(H,22,25). The SMILES string of the molecule is CCCn1nc(C(=O)OCC(=O)Nc2ccccc2F)c2ccccc2c1=O. The molecule has 2 aromatic carbocycles. The second kappa shape index (κ2) is 8.43. The van der Waals surface area contributed by atoms with Crippen molar-refractivity contribution in [3.63, 3.8) is 0 Å². The van der Waals surface area contributed by atoms with Gasteiger partial charge in [-0.05, 0) is 24.6 Å². The number of nitrogens with one attached hydrogen (secondary N) is 1. The molecule has 144 valence electrons. The summed E-state index contributed by atoms with van der Waals surface area (Å²) >= 11 is 0. The molecule has 0 unspecified atom stereocenters. The molecule has 1 amide bonds. The number of hydrogen-bond acceptors (Lipinski definition) is 5. The van der Waals surface area contributed by atoms with Gasteiger partial charge >= 0.3 is 5.97 Å². The molecule has 0 aliphatic heterocycles. The van der Waals surface area contributed by atoms with Crippen molar-refractivity contribution < 1.29 is 18.7 Å². The smallest absolute Gasteiger partial charge is 0.359 e. The number of esters is 1. The largest absolute Gasteiger partial charge is 0.451 e. The van der Waals surface area contributed by atoms with Crippen molar-refractivity contribution in [3.05, 3.63) is 70.4 Å². The molecule has 0 saturated carbocycles. The molecule has 1 heterocycles. The van der Waals surface area contributed by atoms with E-state index in [1.165, 1.54) is 22.9 Å². The first-order valence-electron chi connectivity index (χ1n) is 8.72. The predicted octanol–water partition coefficient (Wildman–Crippen LogP) is 2.74. The third-order valence-electron chi connectivity index (χ3n) is 3.98. The summed E-state index contributed by atoms with van der Waals surface area (Å²) in [6.07, 6.45) is 0.658. The maximum Gasteiger partial charge on any atom is 0.359 e. The number of hydrogen-bond donors (Lipinski definition) is 1. The number of ether oxygens (including phenoxy) is 1. The van der Waals surface area contributed by atoms with Crippen LogP contribution in [0.4, 0.5) is 10.1 Å². The number of aromatic nitrogens is 2. The van der Waals surface area contributed by atoms with Crippen molar-refractivity contribution in [2.24, 2.45) is 0 Å². The molecule has 0 fully saturated rings. The molecule has 8 heteroatoms. The fraction of sp³-hybridized carbons (Fsp3) is 0.200. The van der Waals surface area contributed by atoms with E-state index in [1.54, 1.807) is 30.3 Å². The summed E-state index contributed by atoms with van der Waals surface area (Å²) in [5, 5.41) is 7.12. The number of carbonyl (C=O) groups excluding carboxylic acids is 2. The molecule has 3 rings (SSSR count). The Balaban J connectivity index is 1.80. The van der Waals surface area contributed by atoms with Crippen LogP contribution in [-0.4, -0.2) is 28.3 Å². The maximum atomic E-state index is 13.6. The van der Waals surface area contributed by atoms with Crippen LogP contribution < -0.4 is 10.9 Å². The van der Waals surface area contributed by atoms with Gasteiger partial charge in [-0.2, -0.15) is 5.10 Å². The lowest BCUT2D eigenvalue weighted by Crippen LogP contribution is -2.27.